The number of benzene rings is 1. The SMILES string of the molecule is CCNCc1cc(F)ccc1OC(C)CC. The summed E-state index contributed by atoms with van der Waals surface area (Å²) in [5.74, 6) is 0.557. The van der Waals surface area contributed by atoms with Gasteiger partial charge in [0.1, 0.15) is 11.6 Å². The molecule has 0 aliphatic rings. The van der Waals surface area contributed by atoms with Crippen molar-refractivity contribution in [3.05, 3.63) is 29.6 Å². The van der Waals surface area contributed by atoms with Gasteiger partial charge in [-0.25, -0.2) is 4.39 Å². The molecule has 0 radical (unpaired) electrons. The Hall–Kier alpha value is -1.09. The zero-order valence-electron chi connectivity index (χ0n) is 10.2. The highest BCUT2D eigenvalue weighted by Gasteiger charge is 2.07. The average Bonchev–Trinajstić information content (AvgIpc) is 2.29. The van der Waals surface area contributed by atoms with Crippen LogP contribution in [0.1, 0.15) is 32.8 Å². The minimum atomic E-state index is -0.218. The molecule has 1 rings (SSSR count). The van der Waals surface area contributed by atoms with Gasteiger partial charge in [0.25, 0.3) is 0 Å². The summed E-state index contributed by atoms with van der Waals surface area (Å²) in [6, 6.07) is 4.67. The first-order valence-corrected chi connectivity index (χ1v) is 5.83. The van der Waals surface area contributed by atoms with Crippen LogP contribution >= 0.6 is 0 Å². The lowest BCUT2D eigenvalue weighted by Gasteiger charge is -2.16. The van der Waals surface area contributed by atoms with E-state index in [0.717, 1.165) is 24.3 Å². The van der Waals surface area contributed by atoms with Crippen LogP contribution < -0.4 is 10.1 Å². The van der Waals surface area contributed by atoms with E-state index in [0.29, 0.717) is 6.54 Å². The zero-order valence-corrected chi connectivity index (χ0v) is 10.2. The number of nitrogens with one attached hydrogen (secondary N) is 1. The van der Waals surface area contributed by atoms with Crippen LogP contribution in [0.5, 0.6) is 5.75 Å². The van der Waals surface area contributed by atoms with E-state index in [1.165, 1.54) is 12.1 Å². The van der Waals surface area contributed by atoms with Gasteiger partial charge in [-0.05, 0) is 38.1 Å². The highest BCUT2D eigenvalue weighted by molar-refractivity contribution is 5.34. The Balaban J connectivity index is 2.80. The molecule has 0 aliphatic carbocycles. The van der Waals surface area contributed by atoms with Gasteiger partial charge in [-0.2, -0.15) is 0 Å². The van der Waals surface area contributed by atoms with Gasteiger partial charge in [-0.1, -0.05) is 13.8 Å². The van der Waals surface area contributed by atoms with E-state index >= 15 is 0 Å². The molecule has 1 aromatic carbocycles. The third-order valence-corrected chi connectivity index (χ3v) is 2.49. The van der Waals surface area contributed by atoms with Gasteiger partial charge in [-0.15, -0.1) is 0 Å². The molecule has 0 saturated heterocycles. The third kappa shape index (κ3) is 3.81. The van der Waals surface area contributed by atoms with Gasteiger partial charge in [0.2, 0.25) is 0 Å². The maximum Gasteiger partial charge on any atom is 0.124 e. The fourth-order valence-electron chi connectivity index (χ4n) is 1.36. The largest absolute Gasteiger partial charge is 0.490 e. The fourth-order valence-corrected chi connectivity index (χ4v) is 1.36. The van der Waals surface area contributed by atoms with Crippen LogP contribution in [0.25, 0.3) is 0 Å². The molecule has 2 nitrogen and oxygen atoms in total. The normalized spacial score (nSPS) is 12.5. The van der Waals surface area contributed by atoms with Crippen LogP contribution in [-0.4, -0.2) is 12.6 Å². The van der Waals surface area contributed by atoms with Crippen LogP contribution in [0.15, 0.2) is 18.2 Å². The highest BCUT2D eigenvalue weighted by atomic mass is 19.1. The second kappa shape index (κ2) is 6.48. The standard InChI is InChI=1S/C13H20FNO/c1-4-10(3)16-13-7-6-12(14)8-11(13)9-15-5-2/h6-8,10,15H,4-5,9H2,1-3H3. The Kier molecular flexibility index (Phi) is 5.26. The smallest absolute Gasteiger partial charge is 0.124 e. The highest BCUT2D eigenvalue weighted by Crippen LogP contribution is 2.21. The van der Waals surface area contributed by atoms with Crippen LogP contribution in [0, 0.1) is 5.82 Å². The molecular weight excluding hydrogens is 205 g/mol. The second-order valence-corrected chi connectivity index (χ2v) is 3.87. The first-order valence-electron chi connectivity index (χ1n) is 5.83. The van der Waals surface area contributed by atoms with E-state index in [9.17, 15) is 4.39 Å². The predicted molar refractivity (Wildman–Crippen MR) is 64.2 cm³/mol. The van der Waals surface area contributed by atoms with Crippen LogP contribution in [0.2, 0.25) is 0 Å². The maximum atomic E-state index is 13.1. The van der Waals surface area contributed by atoms with E-state index in [4.69, 9.17) is 4.74 Å². The van der Waals surface area contributed by atoms with Crippen molar-refractivity contribution in [1.82, 2.24) is 5.32 Å². The summed E-state index contributed by atoms with van der Waals surface area (Å²) in [5, 5.41) is 3.18. The molecule has 3 heteroatoms. The lowest BCUT2D eigenvalue weighted by molar-refractivity contribution is 0.214. The quantitative estimate of drug-likeness (QED) is 0.803. The lowest BCUT2D eigenvalue weighted by atomic mass is 10.2. The molecule has 0 bridgehead atoms. The summed E-state index contributed by atoms with van der Waals surface area (Å²) in [6.45, 7) is 7.60. The topological polar surface area (TPSA) is 21.3 Å². The summed E-state index contributed by atoms with van der Waals surface area (Å²) < 4.78 is 18.9. The van der Waals surface area contributed by atoms with Crippen molar-refractivity contribution in [2.45, 2.75) is 39.8 Å². The van der Waals surface area contributed by atoms with Gasteiger partial charge in [0.05, 0.1) is 6.10 Å². The molecule has 0 aliphatic heterocycles. The van der Waals surface area contributed by atoms with E-state index < -0.39 is 0 Å². The van der Waals surface area contributed by atoms with Crippen LogP contribution in [0.3, 0.4) is 0 Å². The minimum absolute atomic E-state index is 0.158. The van der Waals surface area contributed by atoms with Crippen molar-refractivity contribution in [3.8, 4) is 5.75 Å². The molecule has 0 fully saturated rings. The summed E-state index contributed by atoms with van der Waals surface area (Å²) in [6.07, 6.45) is 1.10. The molecule has 1 atom stereocenters. The van der Waals surface area contributed by atoms with Gasteiger partial charge >= 0.3 is 0 Å². The number of ether oxygens (including phenoxy) is 1. The van der Waals surface area contributed by atoms with Crippen LogP contribution in [0.4, 0.5) is 4.39 Å². The Morgan fingerprint density at radius 3 is 2.75 bits per heavy atom. The molecule has 0 saturated carbocycles. The van der Waals surface area contributed by atoms with E-state index in [2.05, 4.69) is 12.2 Å². The Morgan fingerprint density at radius 2 is 2.12 bits per heavy atom. The van der Waals surface area contributed by atoms with E-state index in [1.54, 1.807) is 6.07 Å². The summed E-state index contributed by atoms with van der Waals surface area (Å²) in [5.41, 5.74) is 0.877. The summed E-state index contributed by atoms with van der Waals surface area (Å²) in [4.78, 5) is 0. The van der Waals surface area contributed by atoms with E-state index in [1.807, 2.05) is 13.8 Å². The Morgan fingerprint density at radius 1 is 1.38 bits per heavy atom. The average molecular weight is 225 g/mol. The molecule has 1 aromatic rings. The molecule has 0 spiro atoms. The van der Waals surface area contributed by atoms with Gasteiger partial charge in [0, 0.05) is 12.1 Å². The number of halogens is 1. The first kappa shape index (κ1) is 13.0. The Bertz CT molecular complexity index is 328. The van der Waals surface area contributed by atoms with Crippen molar-refractivity contribution in [3.63, 3.8) is 0 Å². The number of rotatable bonds is 6. The molecule has 0 aromatic heterocycles. The summed E-state index contributed by atoms with van der Waals surface area (Å²) >= 11 is 0. The summed E-state index contributed by atoms with van der Waals surface area (Å²) in [7, 11) is 0. The molecule has 16 heavy (non-hydrogen) atoms. The molecule has 90 valence electrons. The van der Waals surface area contributed by atoms with Crippen molar-refractivity contribution >= 4 is 0 Å². The van der Waals surface area contributed by atoms with Crippen molar-refractivity contribution < 1.29 is 9.13 Å². The fraction of sp³-hybridized carbons (Fsp3) is 0.538. The van der Waals surface area contributed by atoms with Gasteiger partial charge in [-0.3, -0.25) is 0 Å². The van der Waals surface area contributed by atoms with Crippen molar-refractivity contribution in [2.24, 2.45) is 0 Å². The minimum Gasteiger partial charge on any atom is -0.490 e. The third-order valence-electron chi connectivity index (χ3n) is 2.49. The molecule has 0 amide bonds. The molecular formula is C13H20FNO. The van der Waals surface area contributed by atoms with Crippen molar-refractivity contribution in [1.29, 1.82) is 0 Å². The monoisotopic (exact) mass is 225 g/mol. The zero-order chi connectivity index (χ0) is 12.0. The lowest BCUT2D eigenvalue weighted by Crippen LogP contribution is -2.16. The molecule has 1 N–H and O–H groups in total. The predicted octanol–water partition coefficient (Wildman–Crippen LogP) is 3.11. The molecule has 0 heterocycles. The van der Waals surface area contributed by atoms with Crippen LogP contribution in [-0.2, 0) is 6.54 Å². The number of hydrogen-bond donors (Lipinski definition) is 1. The number of hydrogen-bond acceptors (Lipinski definition) is 2. The molecule has 1 unspecified atom stereocenters. The second-order valence-electron chi connectivity index (χ2n) is 3.87. The van der Waals surface area contributed by atoms with E-state index in [-0.39, 0.29) is 11.9 Å². The van der Waals surface area contributed by atoms with Gasteiger partial charge in [0.15, 0.2) is 0 Å². The Labute approximate surface area is 96.8 Å². The van der Waals surface area contributed by atoms with Gasteiger partial charge < -0.3 is 10.1 Å². The first-order chi connectivity index (χ1) is 7.67. The maximum absolute atomic E-state index is 13.1. The van der Waals surface area contributed by atoms with Crippen molar-refractivity contribution in [2.75, 3.05) is 6.54 Å².